The first kappa shape index (κ1) is 19.2. The Morgan fingerprint density at radius 3 is 2.40 bits per heavy atom. The molecule has 4 aromatic rings. The van der Waals surface area contributed by atoms with Crippen LogP contribution in [0.4, 0.5) is 17.6 Å². The predicted octanol–water partition coefficient (Wildman–Crippen LogP) is 4.70. The molecule has 0 saturated carbocycles. The van der Waals surface area contributed by atoms with Crippen molar-refractivity contribution in [1.29, 1.82) is 10.5 Å². The van der Waals surface area contributed by atoms with Crippen molar-refractivity contribution in [1.82, 2.24) is 14.7 Å². The number of nitriles is 2. The second kappa shape index (κ2) is 7.33. The molecule has 0 spiro atoms. The molecule has 0 aliphatic carbocycles. The molecule has 0 radical (unpaired) electrons. The minimum atomic E-state index is -2.88. The lowest BCUT2D eigenvalue weighted by Crippen LogP contribution is -2.06. The number of hydrogen-bond acceptors (Lipinski definition) is 5. The Morgan fingerprint density at radius 2 is 1.77 bits per heavy atom. The van der Waals surface area contributed by atoms with Crippen molar-refractivity contribution < 1.29 is 22.1 Å². The van der Waals surface area contributed by atoms with Gasteiger partial charge in [-0.15, -0.1) is 0 Å². The van der Waals surface area contributed by atoms with Crippen molar-refractivity contribution in [2.45, 2.75) is 13.0 Å². The molecule has 0 unspecified atom stereocenters. The van der Waals surface area contributed by atoms with Crippen LogP contribution in [-0.4, -0.2) is 14.7 Å². The van der Waals surface area contributed by atoms with Crippen LogP contribution in [0.15, 0.2) is 40.9 Å². The van der Waals surface area contributed by atoms with E-state index in [1.165, 1.54) is 16.7 Å². The lowest BCUT2D eigenvalue weighted by molar-refractivity contribution is 0.142. The average molecular weight is 411 g/mol. The second-order valence-corrected chi connectivity index (χ2v) is 6.27. The van der Waals surface area contributed by atoms with Crippen molar-refractivity contribution in [2.24, 2.45) is 0 Å². The number of hydrogen-bond donors (Lipinski definition) is 0. The zero-order chi connectivity index (χ0) is 21.4. The van der Waals surface area contributed by atoms with Gasteiger partial charge in [0.05, 0.1) is 28.9 Å². The van der Waals surface area contributed by atoms with Crippen LogP contribution in [0.5, 0.6) is 0 Å². The van der Waals surface area contributed by atoms with E-state index in [9.17, 15) is 22.8 Å². The van der Waals surface area contributed by atoms with Crippen molar-refractivity contribution in [3.63, 3.8) is 0 Å². The first-order valence-corrected chi connectivity index (χ1v) is 8.44. The first-order valence-electron chi connectivity index (χ1n) is 8.44. The van der Waals surface area contributed by atoms with Gasteiger partial charge in [-0.2, -0.15) is 15.5 Å². The maximum Gasteiger partial charge on any atom is 0.278 e. The lowest BCUT2D eigenvalue weighted by atomic mass is 10.1. The third kappa shape index (κ3) is 3.25. The molecule has 0 amide bonds. The van der Waals surface area contributed by atoms with Crippen LogP contribution in [0, 0.1) is 34.3 Å². The van der Waals surface area contributed by atoms with Crippen molar-refractivity contribution in [2.75, 3.05) is 0 Å². The summed E-state index contributed by atoms with van der Waals surface area (Å²) < 4.78 is 60.3. The minimum absolute atomic E-state index is 0.00289. The highest BCUT2D eigenvalue weighted by molar-refractivity contribution is 5.89. The van der Waals surface area contributed by atoms with Gasteiger partial charge < -0.3 is 9.09 Å². The molecule has 0 aliphatic heterocycles. The Kier molecular flexibility index (Phi) is 4.68. The van der Waals surface area contributed by atoms with Crippen LogP contribution >= 0.6 is 0 Å². The van der Waals surface area contributed by atoms with Crippen molar-refractivity contribution in [3.05, 3.63) is 70.7 Å². The van der Waals surface area contributed by atoms with E-state index < -0.39 is 23.8 Å². The van der Waals surface area contributed by atoms with Crippen LogP contribution < -0.4 is 0 Å². The average Bonchev–Trinajstić information content (AvgIpc) is 3.32. The number of nitrogens with zero attached hydrogens (tertiary/aromatic N) is 5. The molecular formula is C20H9F4N5O. The molecule has 0 atom stereocenters. The molecule has 0 bridgehead atoms. The van der Waals surface area contributed by atoms with Crippen LogP contribution in [0.3, 0.4) is 0 Å². The molecular weight excluding hydrogens is 402 g/mol. The molecule has 0 saturated heterocycles. The van der Waals surface area contributed by atoms with E-state index >= 15 is 0 Å². The van der Waals surface area contributed by atoms with E-state index in [0.717, 1.165) is 18.2 Å². The maximum absolute atomic E-state index is 13.6. The normalized spacial score (nSPS) is 11.0. The topological polar surface area (TPSA) is 91.4 Å². The van der Waals surface area contributed by atoms with Gasteiger partial charge in [-0.05, 0) is 30.3 Å². The van der Waals surface area contributed by atoms with Gasteiger partial charge in [0, 0.05) is 17.0 Å². The molecule has 0 N–H and O–H groups in total. The van der Waals surface area contributed by atoms with E-state index in [1.54, 1.807) is 0 Å². The highest BCUT2D eigenvalue weighted by Gasteiger charge is 2.22. The van der Waals surface area contributed by atoms with E-state index in [2.05, 4.69) is 10.1 Å². The van der Waals surface area contributed by atoms with E-state index in [0.29, 0.717) is 6.07 Å². The first-order chi connectivity index (χ1) is 14.4. The Bertz CT molecular complexity index is 1340. The van der Waals surface area contributed by atoms with Crippen LogP contribution in [-0.2, 0) is 6.54 Å². The smallest absolute Gasteiger partial charge is 0.278 e. The fraction of sp³-hybridized carbons (Fsp3) is 0.100. The molecule has 10 heteroatoms. The van der Waals surface area contributed by atoms with Gasteiger partial charge in [-0.3, -0.25) is 0 Å². The van der Waals surface area contributed by atoms with Crippen LogP contribution in [0.25, 0.3) is 22.4 Å². The molecule has 148 valence electrons. The van der Waals surface area contributed by atoms with Gasteiger partial charge in [-0.25, -0.2) is 17.6 Å². The Morgan fingerprint density at radius 1 is 1.03 bits per heavy atom. The van der Waals surface area contributed by atoms with E-state index in [4.69, 9.17) is 9.78 Å². The summed E-state index contributed by atoms with van der Waals surface area (Å²) in [4.78, 5) is 4.03. The largest absolute Gasteiger partial charge is 0.334 e. The number of aromatic nitrogens is 3. The standard InChI is InChI=1S/C20H9F4N5O/c21-12-3-11(4-13(22)5-12)20-27-18(28-30-20)9-29-16-2-1-10(7-25)15(8-26)14(16)6-17(29)19(23)24/h1-6,19H,9H2. The van der Waals surface area contributed by atoms with Crippen LogP contribution in [0.1, 0.15) is 29.1 Å². The Balaban J connectivity index is 1.79. The van der Waals surface area contributed by atoms with Crippen molar-refractivity contribution >= 4 is 10.9 Å². The maximum atomic E-state index is 13.6. The minimum Gasteiger partial charge on any atom is -0.334 e. The molecule has 0 aliphatic rings. The summed E-state index contributed by atoms with van der Waals surface area (Å²) >= 11 is 0. The number of fused-ring (bicyclic) bond motifs is 1. The van der Waals surface area contributed by atoms with Gasteiger partial charge in [0.25, 0.3) is 12.3 Å². The molecule has 2 aromatic carbocycles. The monoisotopic (exact) mass is 411 g/mol. The lowest BCUT2D eigenvalue weighted by Gasteiger charge is -2.07. The van der Waals surface area contributed by atoms with Gasteiger partial charge in [0.2, 0.25) is 0 Å². The molecule has 2 aromatic heterocycles. The number of alkyl halides is 2. The highest BCUT2D eigenvalue weighted by atomic mass is 19.3. The fourth-order valence-electron chi connectivity index (χ4n) is 3.18. The fourth-order valence-corrected chi connectivity index (χ4v) is 3.18. The summed E-state index contributed by atoms with van der Waals surface area (Å²) in [6.45, 7) is -0.249. The van der Waals surface area contributed by atoms with Gasteiger partial charge in [0.15, 0.2) is 5.82 Å². The molecule has 4 rings (SSSR count). The summed E-state index contributed by atoms with van der Waals surface area (Å²) in [5.74, 6) is -1.86. The molecule has 30 heavy (non-hydrogen) atoms. The zero-order valence-corrected chi connectivity index (χ0v) is 14.9. The van der Waals surface area contributed by atoms with Gasteiger partial charge >= 0.3 is 0 Å². The summed E-state index contributed by atoms with van der Waals surface area (Å²) in [5, 5.41) is 22.4. The Hall–Kier alpha value is -4.18. The van der Waals surface area contributed by atoms with Gasteiger partial charge in [-0.1, -0.05) is 5.16 Å². The number of benzene rings is 2. The van der Waals surface area contributed by atoms with Crippen molar-refractivity contribution in [3.8, 4) is 23.6 Å². The summed E-state index contributed by atoms with van der Waals surface area (Å²) in [5.41, 5.74) is -0.0653. The second-order valence-electron chi connectivity index (χ2n) is 6.27. The summed E-state index contributed by atoms with van der Waals surface area (Å²) in [6, 6.07) is 10.4. The number of halogens is 4. The SMILES string of the molecule is N#Cc1ccc2c(cc(C(F)F)n2Cc2noc(-c3cc(F)cc(F)c3)n2)c1C#N. The highest BCUT2D eigenvalue weighted by Crippen LogP contribution is 2.31. The van der Waals surface area contributed by atoms with Gasteiger partial charge in [0.1, 0.15) is 23.8 Å². The third-order valence-corrected chi connectivity index (χ3v) is 4.45. The molecule has 2 heterocycles. The molecule has 0 fully saturated rings. The predicted molar refractivity (Wildman–Crippen MR) is 95.1 cm³/mol. The van der Waals surface area contributed by atoms with E-state index in [-0.39, 0.29) is 45.9 Å². The number of rotatable bonds is 4. The van der Waals surface area contributed by atoms with Crippen LogP contribution in [0.2, 0.25) is 0 Å². The summed E-state index contributed by atoms with van der Waals surface area (Å²) in [7, 11) is 0. The zero-order valence-electron chi connectivity index (χ0n) is 14.9. The quantitative estimate of drug-likeness (QED) is 0.454. The van der Waals surface area contributed by atoms with E-state index in [1.807, 2.05) is 12.1 Å². The third-order valence-electron chi connectivity index (χ3n) is 4.45. The molecule has 6 nitrogen and oxygen atoms in total. The summed E-state index contributed by atoms with van der Waals surface area (Å²) in [6.07, 6.45) is -2.88. The Labute approximate surface area is 166 Å².